The summed E-state index contributed by atoms with van der Waals surface area (Å²) in [6, 6.07) is 15.3. The van der Waals surface area contributed by atoms with Gasteiger partial charge in [0, 0.05) is 42.7 Å². The first kappa shape index (κ1) is 34.1. The van der Waals surface area contributed by atoms with Crippen molar-refractivity contribution in [2.24, 2.45) is 11.7 Å². The lowest BCUT2D eigenvalue weighted by Crippen LogP contribution is -2.62. The number of guanidine groups is 1. The first-order valence-electron chi connectivity index (χ1n) is 15.9. The molecule has 4 N–H and O–H groups in total. The summed E-state index contributed by atoms with van der Waals surface area (Å²) in [4.78, 5) is 63.5. The van der Waals surface area contributed by atoms with Crippen molar-refractivity contribution in [3.63, 3.8) is 0 Å². The molecule has 47 heavy (non-hydrogen) atoms. The molecule has 2 aromatic carbocycles. The minimum atomic E-state index is -0.936. The summed E-state index contributed by atoms with van der Waals surface area (Å²) in [7, 11) is 0. The van der Waals surface area contributed by atoms with Crippen molar-refractivity contribution in [1.82, 2.24) is 25.0 Å². The highest BCUT2D eigenvalue weighted by Crippen LogP contribution is 2.25. The van der Waals surface area contributed by atoms with Crippen LogP contribution in [0.1, 0.15) is 46.6 Å². The zero-order valence-corrected chi connectivity index (χ0v) is 27.7. The fraction of sp³-hybridized carbons (Fsp3) is 0.412. The zero-order valence-electron chi connectivity index (χ0n) is 26.1. The van der Waals surface area contributed by atoms with Crippen molar-refractivity contribution in [2.75, 3.05) is 32.7 Å². The van der Waals surface area contributed by atoms with Crippen LogP contribution in [0.4, 0.5) is 0 Å². The molecule has 2 aliphatic heterocycles. The molecule has 3 atom stereocenters. The number of nitrogens with zero attached hydrogens (tertiary/aromatic N) is 4. The molecule has 0 aliphatic carbocycles. The summed E-state index contributed by atoms with van der Waals surface area (Å²) in [6.07, 6.45) is 5.10. The summed E-state index contributed by atoms with van der Waals surface area (Å²) in [6.45, 7) is 1.06. The van der Waals surface area contributed by atoms with Crippen LogP contribution in [0.2, 0.25) is 5.02 Å². The lowest BCUT2D eigenvalue weighted by Gasteiger charge is -2.40. The number of hydrogen-bond donors (Lipinski definition) is 3. The van der Waals surface area contributed by atoms with Gasteiger partial charge >= 0.3 is 0 Å². The largest absolute Gasteiger partial charge is 0.370 e. The van der Waals surface area contributed by atoms with Gasteiger partial charge in [0.15, 0.2) is 11.0 Å². The number of nitrogens with two attached hydrogens (primary N) is 1. The van der Waals surface area contributed by atoms with Gasteiger partial charge in [-0.2, -0.15) is 0 Å². The van der Waals surface area contributed by atoms with Gasteiger partial charge in [-0.15, -0.1) is 11.3 Å². The summed E-state index contributed by atoms with van der Waals surface area (Å²) in [5.41, 5.74) is 7.58. The van der Waals surface area contributed by atoms with Crippen molar-refractivity contribution < 1.29 is 19.2 Å². The number of ketones is 1. The quantitative estimate of drug-likeness (QED) is 0.142. The first-order chi connectivity index (χ1) is 22.7. The molecule has 1 aromatic heterocycles. The molecular weight excluding hydrogens is 638 g/mol. The van der Waals surface area contributed by atoms with E-state index in [4.69, 9.17) is 22.7 Å². The van der Waals surface area contributed by atoms with Crippen LogP contribution in [0.25, 0.3) is 0 Å². The second kappa shape index (κ2) is 16.0. The number of halogens is 1. The molecule has 3 amide bonds. The molecule has 0 spiro atoms. The van der Waals surface area contributed by atoms with Crippen LogP contribution >= 0.6 is 22.9 Å². The summed E-state index contributed by atoms with van der Waals surface area (Å²) < 4.78 is 0. The predicted molar refractivity (Wildman–Crippen MR) is 181 cm³/mol. The van der Waals surface area contributed by atoms with E-state index < -0.39 is 18.0 Å². The third-order valence-corrected chi connectivity index (χ3v) is 9.92. The third-order valence-electron chi connectivity index (χ3n) is 8.76. The van der Waals surface area contributed by atoms with E-state index >= 15 is 0 Å². The number of carbonyl (C=O) groups is 4. The van der Waals surface area contributed by atoms with Crippen LogP contribution in [-0.2, 0) is 27.2 Å². The van der Waals surface area contributed by atoms with Gasteiger partial charge in [0.2, 0.25) is 23.5 Å². The Kier molecular flexibility index (Phi) is 11.6. The Hall–Kier alpha value is -4.29. The van der Waals surface area contributed by atoms with Crippen molar-refractivity contribution in [3.8, 4) is 0 Å². The van der Waals surface area contributed by atoms with Crippen LogP contribution in [0.15, 0.2) is 66.2 Å². The van der Waals surface area contributed by atoms with Crippen LogP contribution in [0.3, 0.4) is 0 Å². The number of piperazine rings is 1. The molecule has 3 aromatic rings. The van der Waals surface area contributed by atoms with E-state index in [9.17, 15) is 19.2 Å². The van der Waals surface area contributed by atoms with Crippen LogP contribution in [0, 0.1) is 11.3 Å². The SMILES string of the molecule is N=C(N)N1CCC[C@@H](C[C@@H](NC(=O)CN2C(=O)CN(CCCc3ccccc3)C(=O)[C@H]2Cc2ccccc2Cl)C(=O)c2nccs2)C1. The number of aryl methyl sites for hydroxylation is 1. The second-order valence-electron chi connectivity index (χ2n) is 12.1. The van der Waals surface area contributed by atoms with Crippen molar-refractivity contribution in [2.45, 2.75) is 50.6 Å². The summed E-state index contributed by atoms with van der Waals surface area (Å²) in [5.74, 6) is -1.45. The molecule has 0 saturated carbocycles. The minimum Gasteiger partial charge on any atom is -0.370 e. The van der Waals surface area contributed by atoms with E-state index in [2.05, 4.69) is 10.3 Å². The molecule has 2 fully saturated rings. The maximum Gasteiger partial charge on any atom is 0.246 e. The number of rotatable bonds is 13. The standard InChI is InChI=1S/C34H40ClN7O4S/c35-26-13-5-4-12-25(26)19-28-33(46)40(15-6-10-23-8-2-1-3-9-23)22-30(44)42(28)21-29(43)39-27(31(45)32-38-14-17-47-32)18-24-11-7-16-41(20-24)34(36)37/h1-5,8-9,12-14,17,24,27-28H,6-7,10-11,15-16,18-22H2,(H3,36,37)(H,39,43)/t24-,27+,28+/m0/s1. The van der Waals surface area contributed by atoms with E-state index in [0.717, 1.165) is 24.8 Å². The molecule has 0 radical (unpaired) electrons. The number of amides is 3. The van der Waals surface area contributed by atoms with E-state index in [1.54, 1.807) is 27.3 Å². The minimum absolute atomic E-state index is 0.0115. The Balaban J connectivity index is 1.31. The normalized spacial score (nSPS) is 19.0. The van der Waals surface area contributed by atoms with Gasteiger partial charge < -0.3 is 25.8 Å². The molecule has 11 nitrogen and oxygen atoms in total. The first-order valence-corrected chi connectivity index (χ1v) is 17.1. The molecule has 5 rings (SSSR count). The lowest BCUT2D eigenvalue weighted by atomic mass is 9.90. The Labute approximate surface area is 283 Å². The van der Waals surface area contributed by atoms with E-state index in [-0.39, 0.29) is 54.0 Å². The molecule has 2 saturated heterocycles. The molecule has 3 heterocycles. The highest BCUT2D eigenvalue weighted by Gasteiger charge is 2.41. The van der Waals surface area contributed by atoms with Gasteiger partial charge in [0.1, 0.15) is 12.6 Å². The summed E-state index contributed by atoms with van der Waals surface area (Å²) in [5, 5.41) is 13.2. The van der Waals surface area contributed by atoms with Gasteiger partial charge in [-0.1, -0.05) is 60.1 Å². The number of thiazole rings is 1. The second-order valence-corrected chi connectivity index (χ2v) is 13.4. The van der Waals surface area contributed by atoms with Crippen LogP contribution in [-0.4, -0.2) is 94.0 Å². The van der Waals surface area contributed by atoms with Gasteiger partial charge in [-0.3, -0.25) is 24.6 Å². The fourth-order valence-corrected chi connectivity index (χ4v) is 7.20. The number of benzene rings is 2. The van der Waals surface area contributed by atoms with Crippen molar-refractivity contribution in [1.29, 1.82) is 5.41 Å². The van der Waals surface area contributed by atoms with E-state index in [1.807, 2.05) is 42.5 Å². The van der Waals surface area contributed by atoms with Crippen LogP contribution in [0.5, 0.6) is 0 Å². The van der Waals surface area contributed by atoms with E-state index in [1.165, 1.54) is 22.4 Å². The topological polar surface area (TPSA) is 153 Å². The van der Waals surface area contributed by atoms with Crippen LogP contribution < -0.4 is 11.1 Å². The number of carbonyl (C=O) groups excluding carboxylic acids is 4. The van der Waals surface area contributed by atoms with E-state index in [0.29, 0.717) is 43.1 Å². The molecule has 13 heteroatoms. The van der Waals surface area contributed by atoms with Gasteiger partial charge in [0.05, 0.1) is 12.6 Å². The third kappa shape index (κ3) is 8.95. The maximum atomic E-state index is 13.9. The van der Waals surface area contributed by atoms with Gasteiger partial charge in [0.25, 0.3) is 0 Å². The molecule has 2 aliphatic rings. The average Bonchev–Trinajstić information content (AvgIpc) is 3.61. The number of hydrogen-bond acceptors (Lipinski definition) is 7. The molecular formula is C34H40ClN7O4S. The Morgan fingerprint density at radius 1 is 1.13 bits per heavy atom. The number of aromatic nitrogens is 1. The Bertz CT molecular complexity index is 1570. The Morgan fingerprint density at radius 3 is 2.62 bits per heavy atom. The van der Waals surface area contributed by atoms with Crippen molar-refractivity contribution >= 4 is 52.4 Å². The smallest absolute Gasteiger partial charge is 0.246 e. The highest BCUT2D eigenvalue weighted by atomic mass is 35.5. The lowest BCUT2D eigenvalue weighted by molar-refractivity contribution is -0.157. The number of piperidine rings is 1. The maximum absolute atomic E-state index is 13.9. The Morgan fingerprint density at radius 2 is 1.89 bits per heavy atom. The van der Waals surface area contributed by atoms with Crippen molar-refractivity contribution in [3.05, 3.63) is 87.3 Å². The number of nitrogens with one attached hydrogen (secondary N) is 2. The predicted octanol–water partition coefficient (Wildman–Crippen LogP) is 3.37. The van der Waals surface area contributed by atoms with Gasteiger partial charge in [-0.25, -0.2) is 4.98 Å². The summed E-state index contributed by atoms with van der Waals surface area (Å²) >= 11 is 7.66. The fourth-order valence-electron chi connectivity index (χ4n) is 6.36. The molecule has 248 valence electrons. The van der Waals surface area contributed by atoms with Gasteiger partial charge in [-0.05, 0) is 55.2 Å². The molecule has 0 bridgehead atoms. The highest BCUT2D eigenvalue weighted by molar-refractivity contribution is 7.11. The monoisotopic (exact) mass is 677 g/mol. The number of Topliss-reactive ketones (excluding diaryl/α,β-unsaturated/α-hetero) is 1. The average molecular weight is 678 g/mol. The molecule has 0 unspecified atom stereocenters. The zero-order chi connectivity index (χ0) is 33.3. The number of likely N-dealkylation sites (tertiary alicyclic amines) is 1.